The minimum atomic E-state index is -4.77. The van der Waals surface area contributed by atoms with Crippen molar-refractivity contribution in [1.29, 1.82) is 5.26 Å². The van der Waals surface area contributed by atoms with Crippen LogP contribution in [0.3, 0.4) is 0 Å². The first-order valence-corrected chi connectivity index (χ1v) is 11.5. The number of aromatic hydroxyl groups is 1. The number of benzene rings is 2. The van der Waals surface area contributed by atoms with E-state index in [1.54, 1.807) is 11.0 Å². The van der Waals surface area contributed by atoms with E-state index < -0.39 is 29.1 Å². The summed E-state index contributed by atoms with van der Waals surface area (Å²) in [6, 6.07) is 8.54. The summed E-state index contributed by atoms with van der Waals surface area (Å²) in [5.74, 6) is -1.67. The van der Waals surface area contributed by atoms with Gasteiger partial charge in [-0.05, 0) is 53.7 Å². The lowest BCUT2D eigenvalue weighted by molar-refractivity contribution is -0.138. The maximum absolute atomic E-state index is 13.4. The molecule has 0 spiro atoms. The molecular formula is C24H19F3N4O4S. The van der Waals surface area contributed by atoms with Crippen LogP contribution in [0.25, 0.3) is 6.08 Å². The third-order valence-corrected chi connectivity index (χ3v) is 6.56. The number of phenols is 1. The van der Waals surface area contributed by atoms with Crippen molar-refractivity contribution in [2.75, 3.05) is 26.2 Å². The molecule has 1 N–H and O–H groups in total. The van der Waals surface area contributed by atoms with Crippen molar-refractivity contribution in [2.24, 2.45) is 4.99 Å². The van der Waals surface area contributed by atoms with Crippen LogP contribution >= 0.6 is 11.8 Å². The highest BCUT2D eigenvalue weighted by Crippen LogP contribution is 2.41. The quantitative estimate of drug-likeness (QED) is 0.609. The molecule has 8 nitrogen and oxygen atoms in total. The van der Waals surface area contributed by atoms with E-state index in [4.69, 9.17) is 10.00 Å². The highest BCUT2D eigenvalue weighted by molar-refractivity contribution is 8.18. The Morgan fingerprint density at radius 1 is 1.17 bits per heavy atom. The summed E-state index contributed by atoms with van der Waals surface area (Å²) >= 11 is 1.17. The molecule has 12 heteroatoms. The number of phenolic OH excluding ortho intramolecular Hbond substituents is 1. The number of nitriles is 1. The SMILES string of the molecule is CC(=O)N1CCN(C2=NC(=O)/C(=C/c3ccc(Oc4ccc(C#N)cc4C(F)(F)F)c(O)c3)S2)CC1. The molecule has 2 heterocycles. The number of piperazine rings is 1. The number of alkyl halides is 3. The first kappa shape index (κ1) is 25.1. The van der Waals surface area contributed by atoms with E-state index in [1.807, 2.05) is 4.90 Å². The van der Waals surface area contributed by atoms with Gasteiger partial charge in [0.15, 0.2) is 16.7 Å². The molecule has 0 aromatic heterocycles. The zero-order valence-electron chi connectivity index (χ0n) is 18.9. The van der Waals surface area contributed by atoms with Crippen LogP contribution in [0.5, 0.6) is 17.2 Å². The Hall–Kier alpha value is -3.98. The number of rotatable bonds is 3. The number of ether oxygens (including phenoxy) is 1. The van der Waals surface area contributed by atoms with Gasteiger partial charge in [0.2, 0.25) is 5.91 Å². The Labute approximate surface area is 208 Å². The summed E-state index contributed by atoms with van der Waals surface area (Å²) in [7, 11) is 0. The van der Waals surface area contributed by atoms with Crippen molar-refractivity contribution >= 4 is 34.8 Å². The molecule has 1 fully saturated rings. The minimum Gasteiger partial charge on any atom is -0.504 e. The molecule has 2 amide bonds. The molecule has 0 aliphatic carbocycles. The van der Waals surface area contributed by atoms with Gasteiger partial charge in [-0.15, -0.1) is 0 Å². The van der Waals surface area contributed by atoms with Gasteiger partial charge in [0.05, 0.1) is 22.1 Å². The topological polar surface area (TPSA) is 106 Å². The summed E-state index contributed by atoms with van der Waals surface area (Å²) in [5.41, 5.74) is -0.903. The largest absolute Gasteiger partial charge is 0.504 e. The fraction of sp³-hybridized carbons (Fsp3) is 0.250. The Morgan fingerprint density at radius 2 is 1.86 bits per heavy atom. The van der Waals surface area contributed by atoms with Gasteiger partial charge in [-0.1, -0.05) is 6.07 Å². The van der Waals surface area contributed by atoms with Crippen LogP contribution in [0, 0.1) is 11.3 Å². The summed E-state index contributed by atoms with van der Waals surface area (Å²) in [5, 5.41) is 19.8. The Bertz CT molecular complexity index is 1330. The molecule has 36 heavy (non-hydrogen) atoms. The second-order valence-corrected chi connectivity index (χ2v) is 8.96. The number of thioether (sulfide) groups is 1. The molecule has 186 valence electrons. The first-order chi connectivity index (χ1) is 17.0. The number of halogens is 3. The normalized spacial score (nSPS) is 17.2. The molecule has 1 saturated heterocycles. The van der Waals surface area contributed by atoms with Crippen molar-refractivity contribution in [1.82, 2.24) is 9.80 Å². The zero-order chi connectivity index (χ0) is 26.0. The molecule has 0 saturated carbocycles. The van der Waals surface area contributed by atoms with Crippen molar-refractivity contribution in [3.8, 4) is 23.3 Å². The van der Waals surface area contributed by atoms with Crippen LogP contribution in [0.4, 0.5) is 13.2 Å². The van der Waals surface area contributed by atoms with Crippen LogP contribution in [0.2, 0.25) is 0 Å². The monoisotopic (exact) mass is 516 g/mol. The number of aliphatic imine (C=N–C) groups is 1. The predicted molar refractivity (Wildman–Crippen MR) is 126 cm³/mol. The van der Waals surface area contributed by atoms with Gasteiger partial charge >= 0.3 is 6.18 Å². The van der Waals surface area contributed by atoms with Crippen LogP contribution in [0.15, 0.2) is 46.3 Å². The zero-order valence-corrected chi connectivity index (χ0v) is 19.7. The van der Waals surface area contributed by atoms with Crippen LogP contribution in [-0.2, 0) is 15.8 Å². The van der Waals surface area contributed by atoms with Crippen molar-refractivity contribution in [3.63, 3.8) is 0 Å². The van der Waals surface area contributed by atoms with E-state index in [0.717, 1.165) is 6.07 Å². The Balaban J connectivity index is 1.48. The molecule has 0 radical (unpaired) electrons. The molecule has 0 unspecified atom stereocenters. The highest BCUT2D eigenvalue weighted by atomic mass is 32.2. The third kappa shape index (κ3) is 5.46. The molecular weight excluding hydrogens is 497 g/mol. The molecule has 2 aliphatic heterocycles. The van der Waals surface area contributed by atoms with E-state index in [1.165, 1.54) is 49.0 Å². The van der Waals surface area contributed by atoms with Gasteiger partial charge in [0, 0.05) is 33.1 Å². The van der Waals surface area contributed by atoms with Gasteiger partial charge in [-0.3, -0.25) is 9.59 Å². The summed E-state index contributed by atoms with van der Waals surface area (Å²) in [6.07, 6.45) is -3.25. The summed E-state index contributed by atoms with van der Waals surface area (Å²) < 4.78 is 45.5. The Morgan fingerprint density at radius 3 is 2.47 bits per heavy atom. The van der Waals surface area contributed by atoms with E-state index in [0.29, 0.717) is 47.9 Å². The standard InChI is InChI=1S/C24H19F3N4O4S/c1-14(32)30-6-8-31(9-7-30)23-29-22(34)21(36-23)12-15-2-5-20(18(33)11-15)35-19-4-3-16(13-28)10-17(19)24(25,26)27/h2-5,10-12,33H,6-9H2,1H3/b21-12-. The van der Waals surface area contributed by atoms with Gasteiger partial charge in [0.1, 0.15) is 5.75 Å². The number of nitrogens with zero attached hydrogens (tertiary/aromatic N) is 4. The van der Waals surface area contributed by atoms with Gasteiger partial charge < -0.3 is 19.6 Å². The molecule has 2 aromatic rings. The second kappa shape index (κ2) is 9.94. The van der Waals surface area contributed by atoms with E-state index >= 15 is 0 Å². The lowest BCUT2D eigenvalue weighted by atomic mass is 10.1. The summed E-state index contributed by atoms with van der Waals surface area (Å²) in [6.45, 7) is 3.68. The number of hydrogen-bond donors (Lipinski definition) is 1. The first-order valence-electron chi connectivity index (χ1n) is 10.7. The minimum absolute atomic E-state index is 0.00614. The maximum Gasteiger partial charge on any atom is 0.420 e. The van der Waals surface area contributed by atoms with Crippen molar-refractivity contribution < 1.29 is 32.6 Å². The second-order valence-electron chi connectivity index (χ2n) is 7.95. The van der Waals surface area contributed by atoms with Gasteiger partial charge in [-0.2, -0.15) is 23.4 Å². The van der Waals surface area contributed by atoms with E-state index in [2.05, 4.69) is 4.99 Å². The molecule has 2 aromatic carbocycles. The lowest BCUT2D eigenvalue weighted by Crippen LogP contribution is -2.49. The fourth-order valence-electron chi connectivity index (χ4n) is 3.64. The van der Waals surface area contributed by atoms with Crippen molar-refractivity contribution in [3.05, 3.63) is 58.0 Å². The van der Waals surface area contributed by atoms with Crippen molar-refractivity contribution in [2.45, 2.75) is 13.1 Å². The summed E-state index contributed by atoms with van der Waals surface area (Å²) in [4.78, 5) is 31.9. The predicted octanol–water partition coefficient (Wildman–Crippen LogP) is 4.21. The number of carbonyl (C=O) groups excluding carboxylic acids is 2. The number of hydrogen-bond acceptors (Lipinski definition) is 7. The van der Waals surface area contributed by atoms with E-state index in [-0.39, 0.29) is 17.2 Å². The lowest BCUT2D eigenvalue weighted by Gasteiger charge is -2.34. The average molecular weight is 517 g/mol. The number of amides is 2. The number of carbonyl (C=O) groups is 2. The van der Waals surface area contributed by atoms with Crippen LogP contribution in [-0.4, -0.2) is 58.1 Å². The molecule has 0 atom stereocenters. The molecule has 4 rings (SSSR count). The van der Waals surface area contributed by atoms with Crippen LogP contribution in [0.1, 0.15) is 23.6 Å². The Kier molecular flexibility index (Phi) is 6.94. The highest BCUT2D eigenvalue weighted by Gasteiger charge is 2.35. The van der Waals surface area contributed by atoms with E-state index in [9.17, 15) is 27.9 Å². The maximum atomic E-state index is 13.4. The third-order valence-electron chi connectivity index (χ3n) is 5.52. The fourth-order valence-corrected chi connectivity index (χ4v) is 4.60. The smallest absolute Gasteiger partial charge is 0.420 e. The van der Waals surface area contributed by atoms with Crippen LogP contribution < -0.4 is 4.74 Å². The van der Waals surface area contributed by atoms with Gasteiger partial charge in [0.25, 0.3) is 5.91 Å². The molecule has 0 bridgehead atoms. The number of amidine groups is 1. The van der Waals surface area contributed by atoms with Gasteiger partial charge in [-0.25, -0.2) is 0 Å². The average Bonchev–Trinajstić information content (AvgIpc) is 3.20. The molecule has 2 aliphatic rings.